The van der Waals surface area contributed by atoms with Crippen LogP contribution < -0.4 is 0 Å². The van der Waals surface area contributed by atoms with E-state index in [1.54, 1.807) is 48.5 Å². The molecule has 2 bridgehead atoms. The quantitative estimate of drug-likeness (QED) is 0.701. The second-order valence-corrected chi connectivity index (χ2v) is 6.81. The van der Waals surface area contributed by atoms with Crippen LogP contribution >= 0.6 is 0 Å². The smallest absolute Gasteiger partial charge is 0.236 e. The normalized spacial score (nSPS) is 35.7. The number of carbonyl (C=O) groups excluding carboxylic acids is 2. The van der Waals surface area contributed by atoms with Crippen molar-refractivity contribution < 1.29 is 19.8 Å². The van der Waals surface area contributed by atoms with Gasteiger partial charge in [-0.1, -0.05) is 48.5 Å². The van der Waals surface area contributed by atoms with Gasteiger partial charge in [-0.25, -0.2) is 0 Å². The van der Waals surface area contributed by atoms with Gasteiger partial charge in [0.1, 0.15) is 11.2 Å². The van der Waals surface area contributed by atoms with Crippen molar-refractivity contribution in [2.45, 2.75) is 11.2 Å². The minimum Gasteiger partial charge on any atom is -0.379 e. The fourth-order valence-corrected chi connectivity index (χ4v) is 4.91. The van der Waals surface area contributed by atoms with E-state index in [1.807, 2.05) is 0 Å². The monoisotopic (exact) mass is 321 g/mol. The van der Waals surface area contributed by atoms with E-state index in [0.29, 0.717) is 22.3 Å². The second-order valence-electron chi connectivity index (χ2n) is 6.81. The number of likely N-dealkylation sites (tertiary alicyclic amines) is 1. The van der Waals surface area contributed by atoms with Gasteiger partial charge in [0.05, 0.1) is 11.8 Å². The van der Waals surface area contributed by atoms with Gasteiger partial charge in [0, 0.05) is 7.05 Å². The molecule has 2 aromatic rings. The molecule has 2 atom stereocenters. The molecule has 0 saturated carbocycles. The van der Waals surface area contributed by atoms with Crippen LogP contribution in [0.3, 0.4) is 0 Å². The number of carbonyl (C=O) groups is 2. The van der Waals surface area contributed by atoms with Crippen LogP contribution in [0.4, 0.5) is 0 Å². The molecular formula is C19H15NO4. The highest BCUT2D eigenvalue weighted by molar-refractivity contribution is 6.08. The Bertz CT molecular complexity index is 813. The molecule has 120 valence electrons. The van der Waals surface area contributed by atoms with Crippen LogP contribution in [-0.2, 0) is 20.8 Å². The van der Waals surface area contributed by atoms with Crippen LogP contribution in [0.5, 0.6) is 0 Å². The zero-order chi connectivity index (χ0) is 16.9. The van der Waals surface area contributed by atoms with Gasteiger partial charge < -0.3 is 10.2 Å². The van der Waals surface area contributed by atoms with E-state index in [-0.39, 0.29) is 0 Å². The first-order valence-electron chi connectivity index (χ1n) is 7.89. The molecule has 0 spiro atoms. The Labute approximate surface area is 138 Å². The third-order valence-electron chi connectivity index (χ3n) is 5.92. The highest BCUT2D eigenvalue weighted by Gasteiger charge is 2.72. The highest BCUT2D eigenvalue weighted by atomic mass is 16.3. The Hall–Kier alpha value is -2.50. The molecule has 1 aliphatic heterocycles. The Kier molecular flexibility index (Phi) is 2.28. The highest BCUT2D eigenvalue weighted by Crippen LogP contribution is 2.64. The van der Waals surface area contributed by atoms with Crippen molar-refractivity contribution in [2.24, 2.45) is 11.8 Å². The molecular weight excluding hydrogens is 306 g/mol. The number of rotatable bonds is 0. The van der Waals surface area contributed by atoms with Crippen LogP contribution in [0.2, 0.25) is 0 Å². The van der Waals surface area contributed by atoms with Crippen LogP contribution in [0, 0.1) is 11.8 Å². The molecule has 2 aromatic carbocycles. The first-order chi connectivity index (χ1) is 11.4. The summed E-state index contributed by atoms with van der Waals surface area (Å²) in [5.41, 5.74) is -1.21. The molecule has 0 radical (unpaired) electrons. The van der Waals surface area contributed by atoms with Gasteiger partial charge in [0.2, 0.25) is 11.8 Å². The third kappa shape index (κ3) is 1.17. The average Bonchev–Trinajstić information content (AvgIpc) is 2.85. The lowest BCUT2D eigenvalue weighted by molar-refractivity contribution is -0.153. The van der Waals surface area contributed by atoms with Gasteiger partial charge in [-0.05, 0) is 22.3 Å². The number of imide groups is 1. The number of nitrogens with zero attached hydrogens (tertiary/aromatic N) is 1. The van der Waals surface area contributed by atoms with Crippen molar-refractivity contribution in [3.8, 4) is 0 Å². The maximum Gasteiger partial charge on any atom is 0.236 e. The second kappa shape index (κ2) is 3.94. The number of amides is 2. The molecule has 24 heavy (non-hydrogen) atoms. The Morgan fingerprint density at radius 1 is 0.750 bits per heavy atom. The molecule has 1 fully saturated rings. The van der Waals surface area contributed by atoms with Crippen molar-refractivity contribution in [1.82, 2.24) is 4.90 Å². The van der Waals surface area contributed by atoms with Crippen molar-refractivity contribution in [2.75, 3.05) is 7.05 Å². The van der Waals surface area contributed by atoms with Gasteiger partial charge >= 0.3 is 0 Å². The molecule has 0 unspecified atom stereocenters. The average molecular weight is 321 g/mol. The van der Waals surface area contributed by atoms with E-state index in [4.69, 9.17) is 0 Å². The fourth-order valence-electron chi connectivity index (χ4n) is 4.91. The van der Waals surface area contributed by atoms with E-state index in [2.05, 4.69) is 0 Å². The van der Waals surface area contributed by atoms with Crippen LogP contribution in [-0.4, -0.2) is 34.0 Å². The van der Waals surface area contributed by atoms with E-state index in [0.717, 1.165) is 4.90 Å². The Morgan fingerprint density at radius 2 is 1.04 bits per heavy atom. The van der Waals surface area contributed by atoms with Gasteiger partial charge in [-0.3, -0.25) is 14.5 Å². The van der Waals surface area contributed by atoms with E-state index < -0.39 is 34.9 Å². The Morgan fingerprint density at radius 3 is 1.33 bits per heavy atom. The first kappa shape index (κ1) is 13.9. The molecule has 2 N–H and O–H groups in total. The summed E-state index contributed by atoms with van der Waals surface area (Å²) in [5, 5.41) is 23.4. The van der Waals surface area contributed by atoms with Gasteiger partial charge in [-0.2, -0.15) is 0 Å². The SMILES string of the molecule is CN1C(=O)[C@@H]2[C@H](C1=O)C1(O)c3ccccc3C2(O)c2ccccc21. The van der Waals surface area contributed by atoms with Crippen molar-refractivity contribution in [1.29, 1.82) is 0 Å². The minimum absolute atomic E-state index is 0.449. The fraction of sp³-hybridized carbons (Fsp3) is 0.263. The van der Waals surface area contributed by atoms with Crippen molar-refractivity contribution >= 4 is 11.8 Å². The third-order valence-corrected chi connectivity index (χ3v) is 5.92. The predicted molar refractivity (Wildman–Crippen MR) is 83.6 cm³/mol. The summed E-state index contributed by atoms with van der Waals surface area (Å²) in [6.45, 7) is 0. The Balaban J connectivity index is 1.98. The summed E-state index contributed by atoms with van der Waals surface area (Å²) in [6, 6.07) is 14.0. The molecule has 3 aliphatic carbocycles. The van der Waals surface area contributed by atoms with Gasteiger partial charge in [0.25, 0.3) is 0 Å². The lowest BCUT2D eigenvalue weighted by Gasteiger charge is -2.55. The first-order valence-corrected chi connectivity index (χ1v) is 7.89. The lowest BCUT2D eigenvalue weighted by atomic mass is 9.50. The van der Waals surface area contributed by atoms with Crippen molar-refractivity contribution in [3.63, 3.8) is 0 Å². The molecule has 1 heterocycles. The molecule has 4 aliphatic rings. The van der Waals surface area contributed by atoms with E-state index in [1.165, 1.54) is 7.05 Å². The summed E-state index contributed by atoms with van der Waals surface area (Å²) >= 11 is 0. The topological polar surface area (TPSA) is 77.8 Å². The van der Waals surface area contributed by atoms with Crippen molar-refractivity contribution in [3.05, 3.63) is 70.8 Å². The summed E-state index contributed by atoms with van der Waals surface area (Å²) in [5.74, 6) is -2.92. The summed E-state index contributed by atoms with van der Waals surface area (Å²) in [4.78, 5) is 26.5. The maximum absolute atomic E-state index is 12.7. The standard InChI is InChI=1S/C19H15NO4/c1-20-16(21)14-15(17(20)22)19(24)11-7-3-2-6-10(11)18(14,23)12-8-4-5-9-13(12)19/h2-9,14-15,23-24H,1H3/t14-,15+,18?,19?. The minimum atomic E-state index is -1.61. The number of hydrogen-bond acceptors (Lipinski definition) is 4. The summed E-state index contributed by atoms with van der Waals surface area (Å²) < 4.78 is 0. The summed E-state index contributed by atoms with van der Waals surface area (Å²) in [7, 11) is 1.41. The molecule has 1 saturated heterocycles. The van der Waals surface area contributed by atoms with E-state index in [9.17, 15) is 19.8 Å². The van der Waals surface area contributed by atoms with Gasteiger partial charge in [-0.15, -0.1) is 0 Å². The predicted octanol–water partition coefficient (Wildman–Crippen LogP) is 0.716. The maximum atomic E-state index is 12.7. The molecule has 6 rings (SSSR count). The van der Waals surface area contributed by atoms with Crippen LogP contribution in [0.1, 0.15) is 22.3 Å². The van der Waals surface area contributed by atoms with Crippen LogP contribution in [0.15, 0.2) is 48.5 Å². The number of aliphatic hydroxyl groups is 2. The molecule has 2 amide bonds. The number of hydrogen-bond donors (Lipinski definition) is 2. The zero-order valence-corrected chi connectivity index (χ0v) is 12.9. The number of benzene rings is 2. The largest absolute Gasteiger partial charge is 0.379 e. The molecule has 0 aromatic heterocycles. The van der Waals surface area contributed by atoms with E-state index >= 15 is 0 Å². The molecule has 5 heteroatoms. The van der Waals surface area contributed by atoms with Gasteiger partial charge in [0.15, 0.2) is 0 Å². The zero-order valence-electron chi connectivity index (χ0n) is 12.9. The van der Waals surface area contributed by atoms with Crippen LogP contribution in [0.25, 0.3) is 0 Å². The molecule has 5 nitrogen and oxygen atoms in total. The lowest BCUT2D eigenvalue weighted by Crippen LogP contribution is -2.61. The summed E-state index contributed by atoms with van der Waals surface area (Å²) in [6.07, 6.45) is 0.